The van der Waals surface area contributed by atoms with E-state index in [9.17, 15) is 0 Å². The molecule has 0 heterocycles. The van der Waals surface area contributed by atoms with Gasteiger partial charge in [0.25, 0.3) is 0 Å². The van der Waals surface area contributed by atoms with Gasteiger partial charge in [-0.3, -0.25) is 0 Å². The molecule has 1 unspecified atom stereocenters. The van der Waals surface area contributed by atoms with Crippen LogP contribution in [0.15, 0.2) is 23.3 Å². The molecule has 0 nitrogen and oxygen atoms in total. The normalized spacial score (nSPS) is 29.9. The molecule has 2 aliphatic carbocycles. The van der Waals surface area contributed by atoms with Gasteiger partial charge < -0.3 is 0 Å². The summed E-state index contributed by atoms with van der Waals surface area (Å²) >= 11 is 0. The zero-order valence-electron chi connectivity index (χ0n) is 7.97. The summed E-state index contributed by atoms with van der Waals surface area (Å²) in [6.45, 7) is 2.27. The average molecular weight is 162 g/mol. The summed E-state index contributed by atoms with van der Waals surface area (Å²) in [6, 6.07) is 0. The van der Waals surface area contributed by atoms with E-state index < -0.39 is 0 Å². The van der Waals surface area contributed by atoms with Crippen LogP contribution in [-0.4, -0.2) is 0 Å². The summed E-state index contributed by atoms with van der Waals surface area (Å²) in [5.41, 5.74) is 3.23. The first-order chi connectivity index (χ1) is 5.86. The van der Waals surface area contributed by atoms with Crippen LogP contribution in [0, 0.1) is 5.92 Å². The lowest BCUT2D eigenvalue weighted by Crippen LogP contribution is -2.07. The third kappa shape index (κ3) is 1.63. The molecule has 0 bridgehead atoms. The lowest BCUT2D eigenvalue weighted by molar-refractivity contribution is 0.498. The first-order valence-corrected chi connectivity index (χ1v) is 5.23. The van der Waals surface area contributed by atoms with Gasteiger partial charge in [-0.05, 0) is 50.5 Å². The predicted octanol–water partition coefficient (Wildman–Crippen LogP) is 3.84. The molecular formula is C12H18. The Balaban J connectivity index is 2.19. The molecule has 0 saturated carbocycles. The number of fused-ring (bicyclic) bond motifs is 1. The minimum Gasteiger partial charge on any atom is -0.0810 e. The Morgan fingerprint density at radius 2 is 2.17 bits per heavy atom. The highest BCUT2D eigenvalue weighted by molar-refractivity contribution is 5.29. The van der Waals surface area contributed by atoms with E-state index in [0.717, 1.165) is 5.92 Å². The van der Waals surface area contributed by atoms with Crippen molar-refractivity contribution in [3.8, 4) is 0 Å². The van der Waals surface area contributed by atoms with Crippen molar-refractivity contribution in [2.24, 2.45) is 5.92 Å². The van der Waals surface area contributed by atoms with Gasteiger partial charge in [0.1, 0.15) is 0 Å². The molecule has 0 spiro atoms. The van der Waals surface area contributed by atoms with Crippen molar-refractivity contribution >= 4 is 0 Å². The van der Waals surface area contributed by atoms with Gasteiger partial charge in [0, 0.05) is 0 Å². The summed E-state index contributed by atoms with van der Waals surface area (Å²) in [7, 11) is 0. The second-order valence-electron chi connectivity index (χ2n) is 4.21. The molecule has 0 heteroatoms. The molecule has 0 saturated heterocycles. The fraction of sp³-hybridized carbons (Fsp3) is 0.667. The van der Waals surface area contributed by atoms with Crippen molar-refractivity contribution in [1.82, 2.24) is 0 Å². The minimum atomic E-state index is 0.913. The Hall–Kier alpha value is -0.520. The predicted molar refractivity (Wildman–Crippen MR) is 53.0 cm³/mol. The van der Waals surface area contributed by atoms with Crippen LogP contribution in [0.2, 0.25) is 0 Å². The molecular weight excluding hydrogens is 144 g/mol. The fourth-order valence-electron chi connectivity index (χ4n) is 2.38. The first kappa shape index (κ1) is 8.10. The summed E-state index contributed by atoms with van der Waals surface area (Å²) in [6.07, 6.45) is 13.3. The summed E-state index contributed by atoms with van der Waals surface area (Å²) < 4.78 is 0. The van der Waals surface area contributed by atoms with Gasteiger partial charge in [0.15, 0.2) is 0 Å². The van der Waals surface area contributed by atoms with E-state index in [2.05, 4.69) is 19.1 Å². The highest BCUT2D eigenvalue weighted by atomic mass is 14.2. The number of rotatable bonds is 0. The van der Waals surface area contributed by atoms with E-state index >= 15 is 0 Å². The molecule has 0 aromatic rings. The third-order valence-corrected chi connectivity index (χ3v) is 3.16. The largest absolute Gasteiger partial charge is 0.0810 e. The van der Waals surface area contributed by atoms with Crippen LogP contribution in [0.1, 0.15) is 45.4 Å². The van der Waals surface area contributed by atoms with Gasteiger partial charge in [0.05, 0.1) is 0 Å². The SMILES string of the molecule is CC1=CC2=CCCCCC2CC1. The number of allylic oxidation sites excluding steroid dienone is 4. The fourth-order valence-corrected chi connectivity index (χ4v) is 2.38. The van der Waals surface area contributed by atoms with E-state index in [1.165, 1.54) is 38.5 Å². The third-order valence-electron chi connectivity index (χ3n) is 3.16. The lowest BCUT2D eigenvalue weighted by atomic mass is 9.84. The second kappa shape index (κ2) is 3.47. The number of hydrogen-bond acceptors (Lipinski definition) is 0. The van der Waals surface area contributed by atoms with Crippen molar-refractivity contribution in [3.05, 3.63) is 23.3 Å². The zero-order valence-corrected chi connectivity index (χ0v) is 7.97. The maximum atomic E-state index is 2.47. The smallest absolute Gasteiger partial charge is 0.0162 e. The van der Waals surface area contributed by atoms with Crippen molar-refractivity contribution < 1.29 is 0 Å². The average Bonchev–Trinajstić information content (AvgIpc) is 2.28. The topological polar surface area (TPSA) is 0 Å². The van der Waals surface area contributed by atoms with Gasteiger partial charge in [-0.1, -0.05) is 24.1 Å². The number of hydrogen-bond donors (Lipinski definition) is 0. The quantitative estimate of drug-likeness (QED) is 0.507. The molecule has 2 aliphatic rings. The van der Waals surface area contributed by atoms with Crippen molar-refractivity contribution in [3.63, 3.8) is 0 Å². The van der Waals surface area contributed by atoms with E-state index in [-0.39, 0.29) is 0 Å². The molecule has 0 N–H and O–H groups in total. The molecule has 1 atom stereocenters. The van der Waals surface area contributed by atoms with Crippen LogP contribution in [0.4, 0.5) is 0 Å². The molecule has 0 amide bonds. The van der Waals surface area contributed by atoms with Crippen LogP contribution in [0.5, 0.6) is 0 Å². The second-order valence-corrected chi connectivity index (χ2v) is 4.21. The van der Waals surface area contributed by atoms with Crippen molar-refractivity contribution in [2.45, 2.75) is 45.4 Å². The van der Waals surface area contributed by atoms with Gasteiger partial charge in [0.2, 0.25) is 0 Å². The maximum absolute atomic E-state index is 2.47. The minimum absolute atomic E-state index is 0.913. The van der Waals surface area contributed by atoms with Crippen LogP contribution in [-0.2, 0) is 0 Å². The zero-order chi connectivity index (χ0) is 8.39. The van der Waals surface area contributed by atoms with E-state index in [1.807, 2.05) is 0 Å². The highest BCUT2D eigenvalue weighted by Gasteiger charge is 2.18. The van der Waals surface area contributed by atoms with Gasteiger partial charge in [-0.15, -0.1) is 0 Å². The highest BCUT2D eigenvalue weighted by Crippen LogP contribution is 2.34. The van der Waals surface area contributed by atoms with Crippen LogP contribution < -0.4 is 0 Å². The van der Waals surface area contributed by atoms with Crippen molar-refractivity contribution in [2.75, 3.05) is 0 Å². The van der Waals surface area contributed by atoms with Gasteiger partial charge in [-0.25, -0.2) is 0 Å². The first-order valence-electron chi connectivity index (χ1n) is 5.23. The molecule has 12 heavy (non-hydrogen) atoms. The summed E-state index contributed by atoms with van der Waals surface area (Å²) in [5.74, 6) is 0.913. The molecule has 0 aliphatic heterocycles. The van der Waals surface area contributed by atoms with Crippen LogP contribution in [0.3, 0.4) is 0 Å². The van der Waals surface area contributed by atoms with E-state index in [1.54, 1.807) is 11.1 Å². The maximum Gasteiger partial charge on any atom is -0.0162 e. The van der Waals surface area contributed by atoms with E-state index in [0.29, 0.717) is 0 Å². The Morgan fingerprint density at radius 1 is 1.25 bits per heavy atom. The molecule has 0 aromatic heterocycles. The Kier molecular flexibility index (Phi) is 2.34. The standard InChI is InChI=1S/C12H18/c1-10-7-8-11-5-3-2-4-6-12(11)9-10/h6,9,11H,2-5,7-8H2,1H3. The lowest BCUT2D eigenvalue weighted by Gasteiger charge is -2.22. The van der Waals surface area contributed by atoms with Crippen molar-refractivity contribution in [1.29, 1.82) is 0 Å². The summed E-state index contributed by atoms with van der Waals surface area (Å²) in [5, 5.41) is 0. The van der Waals surface area contributed by atoms with Crippen LogP contribution in [0.25, 0.3) is 0 Å². The molecule has 0 fully saturated rings. The monoisotopic (exact) mass is 162 g/mol. The van der Waals surface area contributed by atoms with Gasteiger partial charge >= 0.3 is 0 Å². The molecule has 0 aromatic carbocycles. The Morgan fingerprint density at radius 3 is 3.08 bits per heavy atom. The van der Waals surface area contributed by atoms with Gasteiger partial charge in [-0.2, -0.15) is 0 Å². The van der Waals surface area contributed by atoms with Crippen LogP contribution >= 0.6 is 0 Å². The Bertz CT molecular complexity index is 220. The Labute approximate surface area is 75.4 Å². The molecule has 66 valence electrons. The van der Waals surface area contributed by atoms with E-state index in [4.69, 9.17) is 0 Å². The summed E-state index contributed by atoms with van der Waals surface area (Å²) in [4.78, 5) is 0. The molecule has 0 radical (unpaired) electrons. The molecule has 2 rings (SSSR count).